The van der Waals surface area contributed by atoms with Crippen molar-refractivity contribution in [2.45, 2.75) is 70.8 Å². The lowest BCUT2D eigenvalue weighted by Gasteiger charge is -2.07. The second-order valence-electron chi connectivity index (χ2n) is 4.46. The second-order valence-corrected chi connectivity index (χ2v) is 4.46. The van der Waals surface area contributed by atoms with Gasteiger partial charge in [-0.25, -0.2) is 0 Å². The fraction of sp³-hybridized carbons (Fsp3) is 1.00. The highest BCUT2D eigenvalue weighted by Crippen LogP contribution is 2.34. The minimum Gasteiger partial charge on any atom is -0.393 e. The molecule has 0 aromatic rings. The Morgan fingerprint density at radius 3 is 2.31 bits per heavy atom. The summed E-state index contributed by atoms with van der Waals surface area (Å²) in [7, 11) is 0. The Labute approximate surface area is 82.5 Å². The summed E-state index contributed by atoms with van der Waals surface area (Å²) in [6.45, 7) is 2.25. The molecular formula is C12H24O. The van der Waals surface area contributed by atoms with E-state index in [1.807, 2.05) is 0 Å². The van der Waals surface area contributed by atoms with Crippen molar-refractivity contribution in [3.05, 3.63) is 0 Å². The van der Waals surface area contributed by atoms with Crippen LogP contribution in [0.3, 0.4) is 0 Å². The van der Waals surface area contributed by atoms with Crippen molar-refractivity contribution >= 4 is 0 Å². The molecule has 1 aliphatic carbocycles. The largest absolute Gasteiger partial charge is 0.393 e. The van der Waals surface area contributed by atoms with Gasteiger partial charge in [0.05, 0.1) is 6.10 Å². The number of hydrogen-bond acceptors (Lipinski definition) is 1. The molecule has 0 aliphatic heterocycles. The molecule has 1 saturated carbocycles. The van der Waals surface area contributed by atoms with Gasteiger partial charge in [0.2, 0.25) is 0 Å². The molecule has 0 radical (unpaired) electrons. The highest BCUT2D eigenvalue weighted by molar-refractivity contribution is 4.80. The van der Waals surface area contributed by atoms with E-state index in [9.17, 15) is 5.11 Å². The molecule has 1 atom stereocenters. The monoisotopic (exact) mass is 184 g/mol. The normalized spacial score (nSPS) is 18.9. The SMILES string of the molecule is CCCCCCCCC(O)C1CC1. The van der Waals surface area contributed by atoms with Crippen LogP contribution in [-0.4, -0.2) is 11.2 Å². The topological polar surface area (TPSA) is 20.2 Å². The van der Waals surface area contributed by atoms with Gasteiger partial charge in [0.25, 0.3) is 0 Å². The number of aliphatic hydroxyl groups is 1. The first-order valence-corrected chi connectivity index (χ1v) is 6.02. The summed E-state index contributed by atoms with van der Waals surface area (Å²) < 4.78 is 0. The maximum absolute atomic E-state index is 9.59. The summed E-state index contributed by atoms with van der Waals surface area (Å²) in [4.78, 5) is 0. The fourth-order valence-electron chi connectivity index (χ4n) is 1.85. The molecule has 1 fully saturated rings. The van der Waals surface area contributed by atoms with Gasteiger partial charge in [0, 0.05) is 0 Å². The van der Waals surface area contributed by atoms with E-state index in [1.165, 1.54) is 51.4 Å². The number of unbranched alkanes of at least 4 members (excludes halogenated alkanes) is 5. The summed E-state index contributed by atoms with van der Waals surface area (Å²) in [6, 6.07) is 0. The molecule has 0 spiro atoms. The van der Waals surface area contributed by atoms with E-state index >= 15 is 0 Å². The average Bonchev–Trinajstić information content (AvgIpc) is 2.93. The number of hydrogen-bond donors (Lipinski definition) is 1. The van der Waals surface area contributed by atoms with Crippen LogP contribution < -0.4 is 0 Å². The molecule has 1 N–H and O–H groups in total. The predicted octanol–water partition coefficient (Wildman–Crippen LogP) is 3.51. The second kappa shape index (κ2) is 6.42. The van der Waals surface area contributed by atoms with E-state index in [-0.39, 0.29) is 6.10 Å². The zero-order chi connectivity index (χ0) is 9.52. The molecule has 0 heterocycles. The van der Waals surface area contributed by atoms with Gasteiger partial charge in [-0.15, -0.1) is 0 Å². The van der Waals surface area contributed by atoms with E-state index < -0.39 is 0 Å². The quantitative estimate of drug-likeness (QED) is 0.572. The van der Waals surface area contributed by atoms with Crippen molar-refractivity contribution in [1.29, 1.82) is 0 Å². The third kappa shape index (κ3) is 5.30. The van der Waals surface area contributed by atoms with Gasteiger partial charge in [-0.2, -0.15) is 0 Å². The van der Waals surface area contributed by atoms with Crippen LogP contribution in [0.25, 0.3) is 0 Å². The molecule has 13 heavy (non-hydrogen) atoms. The number of aliphatic hydroxyl groups excluding tert-OH is 1. The van der Waals surface area contributed by atoms with E-state index in [4.69, 9.17) is 0 Å². The summed E-state index contributed by atoms with van der Waals surface area (Å²) >= 11 is 0. The van der Waals surface area contributed by atoms with Crippen LogP contribution in [0.1, 0.15) is 64.7 Å². The van der Waals surface area contributed by atoms with Gasteiger partial charge in [-0.3, -0.25) is 0 Å². The molecule has 0 saturated heterocycles. The van der Waals surface area contributed by atoms with E-state index in [2.05, 4.69) is 6.92 Å². The highest BCUT2D eigenvalue weighted by atomic mass is 16.3. The first-order valence-electron chi connectivity index (χ1n) is 6.02. The standard InChI is InChI=1S/C12H24O/c1-2-3-4-5-6-7-8-12(13)11-9-10-11/h11-13H,2-10H2,1H3. The minimum atomic E-state index is 0.0335. The lowest BCUT2D eigenvalue weighted by Crippen LogP contribution is -2.08. The Morgan fingerprint density at radius 1 is 1.08 bits per heavy atom. The molecular weight excluding hydrogens is 160 g/mol. The Kier molecular flexibility index (Phi) is 5.45. The fourth-order valence-corrected chi connectivity index (χ4v) is 1.85. The molecule has 0 aromatic carbocycles. The Balaban J connectivity index is 1.77. The third-order valence-corrected chi connectivity index (χ3v) is 3.02. The van der Waals surface area contributed by atoms with Crippen LogP contribution in [0.4, 0.5) is 0 Å². The van der Waals surface area contributed by atoms with Crippen molar-refractivity contribution in [1.82, 2.24) is 0 Å². The molecule has 0 bridgehead atoms. The molecule has 78 valence electrons. The van der Waals surface area contributed by atoms with Crippen molar-refractivity contribution in [3.63, 3.8) is 0 Å². The maximum Gasteiger partial charge on any atom is 0.0568 e. The smallest absolute Gasteiger partial charge is 0.0568 e. The Morgan fingerprint density at radius 2 is 1.69 bits per heavy atom. The van der Waals surface area contributed by atoms with Crippen molar-refractivity contribution in [2.24, 2.45) is 5.92 Å². The molecule has 0 amide bonds. The van der Waals surface area contributed by atoms with Gasteiger partial charge in [-0.1, -0.05) is 45.4 Å². The van der Waals surface area contributed by atoms with Crippen LogP contribution in [0.15, 0.2) is 0 Å². The first kappa shape index (κ1) is 11.0. The Bertz CT molecular complexity index is 118. The summed E-state index contributed by atoms with van der Waals surface area (Å²) in [5.41, 5.74) is 0. The van der Waals surface area contributed by atoms with Crippen molar-refractivity contribution < 1.29 is 5.11 Å². The number of rotatable bonds is 8. The highest BCUT2D eigenvalue weighted by Gasteiger charge is 2.28. The van der Waals surface area contributed by atoms with Gasteiger partial charge in [0.15, 0.2) is 0 Å². The van der Waals surface area contributed by atoms with Gasteiger partial charge in [-0.05, 0) is 25.2 Å². The van der Waals surface area contributed by atoms with Crippen LogP contribution in [0, 0.1) is 5.92 Å². The molecule has 1 unspecified atom stereocenters. The van der Waals surface area contributed by atoms with Gasteiger partial charge >= 0.3 is 0 Å². The van der Waals surface area contributed by atoms with E-state index in [0.717, 1.165) is 6.42 Å². The summed E-state index contributed by atoms with van der Waals surface area (Å²) in [5.74, 6) is 0.677. The van der Waals surface area contributed by atoms with Crippen LogP contribution in [0.2, 0.25) is 0 Å². The zero-order valence-electron chi connectivity index (χ0n) is 8.97. The van der Waals surface area contributed by atoms with Crippen molar-refractivity contribution in [3.8, 4) is 0 Å². The lowest BCUT2D eigenvalue weighted by molar-refractivity contribution is 0.138. The van der Waals surface area contributed by atoms with Crippen LogP contribution >= 0.6 is 0 Å². The summed E-state index contributed by atoms with van der Waals surface area (Å²) in [5, 5.41) is 9.59. The predicted molar refractivity (Wildman–Crippen MR) is 56.7 cm³/mol. The summed E-state index contributed by atoms with van der Waals surface area (Å²) in [6.07, 6.45) is 11.7. The Hall–Kier alpha value is -0.0400. The van der Waals surface area contributed by atoms with Crippen LogP contribution in [0.5, 0.6) is 0 Å². The third-order valence-electron chi connectivity index (χ3n) is 3.02. The zero-order valence-corrected chi connectivity index (χ0v) is 8.97. The molecule has 1 heteroatoms. The van der Waals surface area contributed by atoms with Gasteiger partial charge < -0.3 is 5.11 Å². The molecule has 1 nitrogen and oxygen atoms in total. The van der Waals surface area contributed by atoms with Crippen molar-refractivity contribution in [2.75, 3.05) is 0 Å². The van der Waals surface area contributed by atoms with Crippen LogP contribution in [-0.2, 0) is 0 Å². The average molecular weight is 184 g/mol. The molecule has 1 rings (SSSR count). The van der Waals surface area contributed by atoms with E-state index in [0.29, 0.717) is 5.92 Å². The van der Waals surface area contributed by atoms with E-state index in [1.54, 1.807) is 0 Å². The minimum absolute atomic E-state index is 0.0335. The molecule has 0 aromatic heterocycles. The lowest BCUT2D eigenvalue weighted by atomic mass is 10.0. The molecule has 1 aliphatic rings. The van der Waals surface area contributed by atoms with Gasteiger partial charge in [0.1, 0.15) is 0 Å². The first-order chi connectivity index (χ1) is 6.34. The maximum atomic E-state index is 9.59.